The van der Waals surface area contributed by atoms with Crippen LogP contribution in [0.1, 0.15) is 386 Å². The van der Waals surface area contributed by atoms with Crippen molar-refractivity contribution in [3.05, 3.63) is 12.2 Å². The summed E-state index contributed by atoms with van der Waals surface area (Å²) >= 11 is 0. The average Bonchev–Trinajstić information content (AvgIpc) is 3.48. The maximum atomic E-state index is 13.2. The van der Waals surface area contributed by atoms with E-state index in [4.69, 9.17) is 9.47 Å². The minimum Gasteiger partial charge on any atom is -0.394 e. The molecule has 1 aliphatic heterocycles. The van der Waals surface area contributed by atoms with Gasteiger partial charge in [-0.2, -0.15) is 0 Å². The van der Waals surface area contributed by atoms with Gasteiger partial charge in [0.1, 0.15) is 24.4 Å². The highest BCUT2D eigenvalue weighted by atomic mass is 16.7. The van der Waals surface area contributed by atoms with E-state index >= 15 is 0 Å². The van der Waals surface area contributed by atoms with Crippen LogP contribution in [-0.2, 0) is 14.3 Å². The number of aliphatic hydroxyl groups is 5. The van der Waals surface area contributed by atoms with Crippen molar-refractivity contribution in [2.75, 3.05) is 13.2 Å². The van der Waals surface area contributed by atoms with E-state index in [1.807, 2.05) is 0 Å². The summed E-state index contributed by atoms with van der Waals surface area (Å²) in [6.07, 6.45) is 73.0. The first-order valence-electron chi connectivity index (χ1n) is 36.4. The normalized spacial score (nSPS) is 18.3. The van der Waals surface area contributed by atoms with Crippen molar-refractivity contribution in [1.29, 1.82) is 0 Å². The van der Waals surface area contributed by atoms with Crippen LogP contribution in [0.25, 0.3) is 0 Å². The zero-order valence-electron chi connectivity index (χ0n) is 54.1. The van der Waals surface area contributed by atoms with Gasteiger partial charge in [-0.15, -0.1) is 0 Å². The molecule has 0 bridgehead atoms. The molecule has 6 N–H and O–H groups in total. The van der Waals surface area contributed by atoms with Crippen molar-refractivity contribution in [2.24, 2.45) is 0 Å². The Morgan fingerprint density at radius 1 is 0.407 bits per heavy atom. The summed E-state index contributed by atoms with van der Waals surface area (Å²) < 4.78 is 11.4. The Labute approximate surface area is 503 Å². The molecule has 0 saturated carbocycles. The Bertz CT molecular complexity index is 1280. The summed E-state index contributed by atoms with van der Waals surface area (Å²) in [5, 5.41) is 55.0. The van der Waals surface area contributed by atoms with Crippen LogP contribution in [0.2, 0.25) is 0 Å². The number of hydrogen-bond donors (Lipinski definition) is 6. The molecule has 1 aliphatic rings. The third kappa shape index (κ3) is 50.8. The summed E-state index contributed by atoms with van der Waals surface area (Å²) in [4.78, 5) is 13.2. The highest BCUT2D eigenvalue weighted by Crippen LogP contribution is 2.24. The second-order valence-electron chi connectivity index (χ2n) is 25.7. The molecule has 0 spiro atoms. The smallest absolute Gasteiger partial charge is 0.220 e. The van der Waals surface area contributed by atoms with Crippen LogP contribution in [0.5, 0.6) is 0 Å². The molecule has 1 rings (SSSR count). The Kier molecular flexibility index (Phi) is 59.7. The van der Waals surface area contributed by atoms with Crippen molar-refractivity contribution in [1.82, 2.24) is 5.32 Å². The predicted molar refractivity (Wildman–Crippen MR) is 346 cm³/mol. The molecular formula is C72H141NO8. The summed E-state index contributed by atoms with van der Waals surface area (Å²) in [6, 6.07) is -0.716. The monoisotopic (exact) mass is 1150 g/mol. The van der Waals surface area contributed by atoms with Crippen molar-refractivity contribution in [3.63, 3.8) is 0 Å². The first kappa shape index (κ1) is 77.9. The molecule has 7 unspecified atom stereocenters. The van der Waals surface area contributed by atoms with Crippen molar-refractivity contribution >= 4 is 5.91 Å². The lowest BCUT2D eigenvalue weighted by molar-refractivity contribution is -0.302. The Balaban J connectivity index is 2.06. The van der Waals surface area contributed by atoms with Crippen LogP contribution < -0.4 is 5.32 Å². The molecule has 0 aliphatic carbocycles. The molecule has 9 nitrogen and oxygen atoms in total. The number of amides is 1. The van der Waals surface area contributed by atoms with Crippen LogP contribution in [-0.4, -0.2) is 87.5 Å². The Morgan fingerprint density at radius 3 is 1.00 bits per heavy atom. The molecule has 7 atom stereocenters. The molecule has 0 aromatic carbocycles. The largest absolute Gasteiger partial charge is 0.394 e. The van der Waals surface area contributed by atoms with Gasteiger partial charge >= 0.3 is 0 Å². The second-order valence-corrected chi connectivity index (χ2v) is 25.7. The van der Waals surface area contributed by atoms with Gasteiger partial charge < -0.3 is 40.3 Å². The van der Waals surface area contributed by atoms with Gasteiger partial charge in [0.15, 0.2) is 6.29 Å². The predicted octanol–water partition coefficient (Wildman–Crippen LogP) is 19.9. The maximum absolute atomic E-state index is 13.2. The molecular weight excluding hydrogens is 1010 g/mol. The minimum absolute atomic E-state index is 0.131. The summed E-state index contributed by atoms with van der Waals surface area (Å²) in [6.45, 7) is 3.90. The van der Waals surface area contributed by atoms with Crippen LogP contribution in [0.4, 0.5) is 0 Å². The number of nitrogens with one attached hydrogen (secondary N) is 1. The molecule has 1 saturated heterocycles. The lowest BCUT2D eigenvalue weighted by Crippen LogP contribution is -2.60. The van der Waals surface area contributed by atoms with E-state index in [0.29, 0.717) is 12.8 Å². The van der Waals surface area contributed by atoms with Crippen LogP contribution >= 0.6 is 0 Å². The third-order valence-corrected chi connectivity index (χ3v) is 17.9. The van der Waals surface area contributed by atoms with Gasteiger partial charge in [-0.3, -0.25) is 4.79 Å². The van der Waals surface area contributed by atoms with E-state index in [-0.39, 0.29) is 12.5 Å². The van der Waals surface area contributed by atoms with Crippen molar-refractivity contribution in [3.8, 4) is 0 Å². The number of carbonyl (C=O) groups excluding carboxylic acids is 1. The van der Waals surface area contributed by atoms with Crippen LogP contribution in [0.3, 0.4) is 0 Å². The van der Waals surface area contributed by atoms with Gasteiger partial charge in [0.2, 0.25) is 5.91 Å². The fourth-order valence-corrected chi connectivity index (χ4v) is 12.2. The van der Waals surface area contributed by atoms with Gasteiger partial charge in [-0.05, 0) is 38.5 Å². The number of allylic oxidation sites excluding steroid dienone is 2. The summed E-state index contributed by atoms with van der Waals surface area (Å²) in [7, 11) is 0. The zero-order valence-corrected chi connectivity index (χ0v) is 54.1. The average molecular weight is 1150 g/mol. The van der Waals surface area contributed by atoms with Crippen molar-refractivity contribution < 1.29 is 39.8 Å². The minimum atomic E-state index is -1.55. The molecule has 0 aromatic rings. The number of unbranched alkanes of at least 4 members (excludes halogenated alkanes) is 53. The Hall–Kier alpha value is -1.07. The van der Waals surface area contributed by atoms with Crippen LogP contribution in [0, 0.1) is 0 Å². The molecule has 9 heteroatoms. The first-order valence-corrected chi connectivity index (χ1v) is 36.4. The van der Waals surface area contributed by atoms with E-state index in [1.165, 1.54) is 321 Å². The molecule has 482 valence electrons. The fraction of sp³-hybridized carbons (Fsp3) is 0.958. The number of carbonyl (C=O) groups is 1. The lowest BCUT2D eigenvalue weighted by Gasteiger charge is -2.40. The summed E-state index contributed by atoms with van der Waals surface area (Å²) in [5.74, 6) is -0.134. The lowest BCUT2D eigenvalue weighted by atomic mass is 9.99. The van der Waals surface area contributed by atoms with E-state index in [0.717, 1.165) is 38.5 Å². The third-order valence-electron chi connectivity index (χ3n) is 17.9. The first-order chi connectivity index (χ1) is 39.8. The topological polar surface area (TPSA) is 149 Å². The molecule has 1 fully saturated rings. The van der Waals surface area contributed by atoms with Gasteiger partial charge in [-0.1, -0.05) is 353 Å². The van der Waals surface area contributed by atoms with Gasteiger partial charge in [-0.25, -0.2) is 0 Å². The fourth-order valence-electron chi connectivity index (χ4n) is 12.2. The molecule has 81 heavy (non-hydrogen) atoms. The number of hydrogen-bond acceptors (Lipinski definition) is 8. The maximum Gasteiger partial charge on any atom is 0.220 e. The SMILES string of the molecule is CCCCCCCCCC/C=C\CCCCCCCCCCCCCCCCCCCCCCCCCC(=O)NC(COC1OC(CO)C(O)C(O)C1O)C(O)CCCCCCCCCCCCCCCCCCCCCCCCC. The van der Waals surface area contributed by atoms with Gasteiger partial charge in [0.05, 0.1) is 25.4 Å². The van der Waals surface area contributed by atoms with E-state index in [2.05, 4.69) is 31.3 Å². The quantitative estimate of drug-likeness (QED) is 0.0261. The molecule has 0 radical (unpaired) electrons. The number of ether oxygens (including phenoxy) is 2. The molecule has 1 heterocycles. The molecule has 0 aromatic heterocycles. The zero-order chi connectivity index (χ0) is 58.6. The number of aliphatic hydroxyl groups excluding tert-OH is 5. The Morgan fingerprint density at radius 2 is 0.691 bits per heavy atom. The van der Waals surface area contributed by atoms with Crippen LogP contribution in [0.15, 0.2) is 12.2 Å². The van der Waals surface area contributed by atoms with E-state index < -0.39 is 49.5 Å². The van der Waals surface area contributed by atoms with E-state index in [1.54, 1.807) is 0 Å². The number of rotatable bonds is 65. The van der Waals surface area contributed by atoms with Gasteiger partial charge in [0.25, 0.3) is 0 Å². The van der Waals surface area contributed by atoms with Gasteiger partial charge in [0, 0.05) is 6.42 Å². The van der Waals surface area contributed by atoms with E-state index in [9.17, 15) is 30.3 Å². The second kappa shape index (κ2) is 62.0. The standard InChI is InChI=1S/C72H141NO8/c1-3-5-7-9-11-13-15-17-19-21-23-25-27-28-29-30-31-32-33-34-35-36-37-38-40-42-44-46-48-50-52-54-56-58-60-62-68(76)73-65(64-80-72-71(79)70(78)69(77)67(63-74)81-72)66(75)61-59-57-55-53-51-49-47-45-43-41-39-26-24-22-20-18-16-14-12-10-8-6-4-2/h21,23,65-67,69-72,74-75,77-79H,3-20,22,24-64H2,1-2H3,(H,73,76)/b23-21-. The summed E-state index contributed by atoms with van der Waals surface area (Å²) in [5.41, 5.74) is 0. The van der Waals surface area contributed by atoms with Crippen molar-refractivity contribution in [2.45, 2.75) is 429 Å². The highest BCUT2D eigenvalue weighted by molar-refractivity contribution is 5.76. The molecule has 1 amide bonds. The highest BCUT2D eigenvalue weighted by Gasteiger charge is 2.44.